The van der Waals surface area contributed by atoms with E-state index >= 15 is 0 Å². The quantitative estimate of drug-likeness (QED) is 0.480. The average molecular weight is 352 g/mol. The highest BCUT2D eigenvalue weighted by atomic mass is 32.2. The van der Waals surface area contributed by atoms with E-state index in [2.05, 4.69) is 16.3 Å². The van der Waals surface area contributed by atoms with Crippen LogP contribution >= 0.6 is 11.8 Å². The zero-order chi connectivity index (χ0) is 17.5. The predicted molar refractivity (Wildman–Crippen MR) is 95.3 cm³/mol. The molecule has 6 nitrogen and oxygen atoms in total. The number of aromatic nitrogens is 3. The minimum Gasteiger partial charge on any atom is -0.495 e. The van der Waals surface area contributed by atoms with Gasteiger partial charge in [-0.1, -0.05) is 23.9 Å². The third-order valence-corrected chi connectivity index (χ3v) is 4.34. The third kappa shape index (κ3) is 4.11. The van der Waals surface area contributed by atoms with Crippen LogP contribution in [0.25, 0.3) is 5.69 Å². The van der Waals surface area contributed by atoms with E-state index in [4.69, 9.17) is 14.7 Å². The highest BCUT2D eigenvalue weighted by Gasteiger charge is 2.11. The number of hydrogen-bond acceptors (Lipinski definition) is 6. The summed E-state index contributed by atoms with van der Waals surface area (Å²) in [6.45, 7) is 0.523. The molecule has 0 N–H and O–H groups in total. The smallest absolute Gasteiger partial charge is 0.195 e. The van der Waals surface area contributed by atoms with Crippen LogP contribution in [0.2, 0.25) is 0 Å². The number of thioether (sulfide) groups is 1. The number of nitrogens with zero attached hydrogens (tertiary/aromatic N) is 4. The SMILES string of the molecule is COc1ccccc1-n1cnnc1SCCOc1ccc(C#N)cc1. The Hall–Kier alpha value is -2.98. The highest BCUT2D eigenvalue weighted by Crippen LogP contribution is 2.26. The van der Waals surface area contributed by atoms with Gasteiger partial charge in [0.05, 0.1) is 31.0 Å². The van der Waals surface area contributed by atoms with Crippen LogP contribution in [0.4, 0.5) is 0 Å². The topological polar surface area (TPSA) is 73.0 Å². The van der Waals surface area contributed by atoms with Gasteiger partial charge in [0, 0.05) is 5.75 Å². The number of para-hydroxylation sites is 2. The maximum atomic E-state index is 8.79. The van der Waals surface area contributed by atoms with Crippen LogP contribution in [-0.2, 0) is 0 Å². The molecular weight excluding hydrogens is 336 g/mol. The van der Waals surface area contributed by atoms with Crippen LogP contribution < -0.4 is 9.47 Å². The van der Waals surface area contributed by atoms with Crippen molar-refractivity contribution in [3.8, 4) is 23.3 Å². The summed E-state index contributed by atoms with van der Waals surface area (Å²) in [7, 11) is 1.64. The molecule has 0 aliphatic rings. The van der Waals surface area contributed by atoms with Crippen molar-refractivity contribution >= 4 is 11.8 Å². The van der Waals surface area contributed by atoms with Gasteiger partial charge in [0.25, 0.3) is 0 Å². The summed E-state index contributed by atoms with van der Waals surface area (Å²) in [4.78, 5) is 0. The molecule has 2 aromatic carbocycles. The molecule has 0 spiro atoms. The Bertz CT molecular complexity index is 871. The number of ether oxygens (including phenoxy) is 2. The largest absolute Gasteiger partial charge is 0.495 e. The number of nitriles is 1. The van der Waals surface area contributed by atoms with Crippen LogP contribution in [0, 0.1) is 11.3 Å². The molecule has 1 heterocycles. The third-order valence-electron chi connectivity index (χ3n) is 3.43. The lowest BCUT2D eigenvalue weighted by Gasteiger charge is -2.10. The summed E-state index contributed by atoms with van der Waals surface area (Å²) in [5.41, 5.74) is 1.51. The summed E-state index contributed by atoms with van der Waals surface area (Å²) < 4.78 is 13.0. The molecule has 0 aliphatic carbocycles. The summed E-state index contributed by atoms with van der Waals surface area (Å²) in [5, 5.41) is 17.7. The molecule has 7 heteroatoms. The first kappa shape index (κ1) is 16.9. The maximum Gasteiger partial charge on any atom is 0.195 e. The van der Waals surface area contributed by atoms with E-state index in [1.54, 1.807) is 49.5 Å². The molecule has 0 fully saturated rings. The van der Waals surface area contributed by atoms with Gasteiger partial charge in [0.15, 0.2) is 5.16 Å². The normalized spacial score (nSPS) is 10.2. The molecule has 0 bridgehead atoms. The molecule has 0 saturated carbocycles. The molecule has 0 saturated heterocycles. The lowest BCUT2D eigenvalue weighted by atomic mass is 10.2. The monoisotopic (exact) mass is 352 g/mol. The summed E-state index contributed by atoms with van der Waals surface area (Å²) in [6.07, 6.45) is 1.67. The fourth-order valence-electron chi connectivity index (χ4n) is 2.24. The Kier molecular flexibility index (Phi) is 5.54. The first-order chi connectivity index (χ1) is 12.3. The van der Waals surface area contributed by atoms with E-state index in [1.165, 1.54) is 0 Å². The van der Waals surface area contributed by atoms with E-state index in [1.807, 2.05) is 28.8 Å². The van der Waals surface area contributed by atoms with Crippen molar-refractivity contribution in [2.75, 3.05) is 19.5 Å². The molecule has 25 heavy (non-hydrogen) atoms. The van der Waals surface area contributed by atoms with Crippen molar-refractivity contribution in [2.24, 2.45) is 0 Å². The Morgan fingerprint density at radius 1 is 1.16 bits per heavy atom. The second-order valence-corrected chi connectivity index (χ2v) is 6.05. The zero-order valence-corrected chi connectivity index (χ0v) is 14.4. The van der Waals surface area contributed by atoms with E-state index < -0.39 is 0 Å². The molecule has 0 amide bonds. The van der Waals surface area contributed by atoms with Crippen LogP contribution in [0.15, 0.2) is 60.0 Å². The Labute approximate surface area is 150 Å². The van der Waals surface area contributed by atoms with Gasteiger partial charge in [-0.25, -0.2) is 0 Å². The fourth-order valence-corrected chi connectivity index (χ4v) is 2.97. The van der Waals surface area contributed by atoms with E-state index in [0.717, 1.165) is 22.3 Å². The molecule has 0 radical (unpaired) electrons. The van der Waals surface area contributed by atoms with Gasteiger partial charge < -0.3 is 9.47 Å². The van der Waals surface area contributed by atoms with Gasteiger partial charge in [0.2, 0.25) is 0 Å². The summed E-state index contributed by atoms with van der Waals surface area (Å²) in [5.74, 6) is 2.22. The lowest BCUT2D eigenvalue weighted by Crippen LogP contribution is -2.03. The van der Waals surface area contributed by atoms with Crippen molar-refractivity contribution in [3.63, 3.8) is 0 Å². The number of benzene rings is 2. The molecule has 0 atom stereocenters. The number of hydrogen-bond donors (Lipinski definition) is 0. The van der Waals surface area contributed by atoms with Crippen LogP contribution in [0.1, 0.15) is 5.56 Å². The van der Waals surface area contributed by atoms with Crippen molar-refractivity contribution in [1.82, 2.24) is 14.8 Å². The second kappa shape index (κ2) is 8.22. The molecule has 0 aliphatic heterocycles. The molecular formula is C18H16N4O2S. The minimum absolute atomic E-state index is 0.523. The molecule has 1 aromatic heterocycles. The van der Waals surface area contributed by atoms with E-state index in [-0.39, 0.29) is 0 Å². The standard InChI is InChI=1S/C18H16N4O2S/c1-23-17-5-3-2-4-16(17)22-13-20-21-18(22)25-11-10-24-15-8-6-14(12-19)7-9-15/h2-9,13H,10-11H2,1H3. The first-order valence-electron chi connectivity index (χ1n) is 7.61. The molecule has 126 valence electrons. The van der Waals surface area contributed by atoms with E-state index in [0.29, 0.717) is 17.9 Å². The highest BCUT2D eigenvalue weighted by molar-refractivity contribution is 7.99. The second-order valence-electron chi connectivity index (χ2n) is 4.99. The maximum absolute atomic E-state index is 8.79. The molecule has 0 unspecified atom stereocenters. The van der Waals surface area contributed by atoms with Gasteiger partial charge in [0.1, 0.15) is 17.8 Å². The van der Waals surface area contributed by atoms with Gasteiger partial charge in [-0.3, -0.25) is 4.57 Å². The Balaban J connectivity index is 1.59. The summed E-state index contributed by atoms with van der Waals surface area (Å²) in [6, 6.07) is 16.9. The molecule has 3 rings (SSSR count). The fraction of sp³-hybridized carbons (Fsp3) is 0.167. The molecule has 3 aromatic rings. The van der Waals surface area contributed by atoms with Crippen LogP contribution in [0.5, 0.6) is 11.5 Å². The number of rotatable bonds is 7. The van der Waals surface area contributed by atoms with Crippen LogP contribution in [0.3, 0.4) is 0 Å². The van der Waals surface area contributed by atoms with Gasteiger partial charge in [-0.05, 0) is 36.4 Å². The first-order valence-corrected chi connectivity index (χ1v) is 8.59. The van der Waals surface area contributed by atoms with Gasteiger partial charge >= 0.3 is 0 Å². The average Bonchev–Trinajstić information content (AvgIpc) is 3.14. The number of methoxy groups -OCH3 is 1. The lowest BCUT2D eigenvalue weighted by molar-refractivity contribution is 0.344. The van der Waals surface area contributed by atoms with Crippen molar-refractivity contribution in [3.05, 3.63) is 60.4 Å². The van der Waals surface area contributed by atoms with Crippen molar-refractivity contribution < 1.29 is 9.47 Å². The predicted octanol–water partition coefficient (Wildman–Crippen LogP) is 3.32. The van der Waals surface area contributed by atoms with Crippen LogP contribution in [-0.4, -0.2) is 34.2 Å². The van der Waals surface area contributed by atoms with Crippen molar-refractivity contribution in [1.29, 1.82) is 5.26 Å². The zero-order valence-electron chi connectivity index (χ0n) is 13.6. The van der Waals surface area contributed by atoms with E-state index in [9.17, 15) is 0 Å². The minimum atomic E-state index is 0.523. The van der Waals surface area contributed by atoms with Crippen molar-refractivity contribution in [2.45, 2.75) is 5.16 Å². The van der Waals surface area contributed by atoms with Gasteiger partial charge in [-0.15, -0.1) is 10.2 Å². The summed E-state index contributed by atoms with van der Waals surface area (Å²) >= 11 is 1.55. The Morgan fingerprint density at radius 2 is 1.96 bits per heavy atom. The van der Waals surface area contributed by atoms with Gasteiger partial charge in [-0.2, -0.15) is 5.26 Å². The Morgan fingerprint density at radius 3 is 2.72 bits per heavy atom.